The number of aliphatic hydroxyl groups excluding tert-OH is 3. The summed E-state index contributed by atoms with van der Waals surface area (Å²) in [5.74, 6) is -2.86. The normalized spacial score (nSPS) is 21.9. The number of nitrogens with two attached hydrogens (primary N) is 1. The number of fused-ring (bicyclic) bond motifs is 1. The molecule has 0 aliphatic carbocycles. The number of phosphoric acid groups is 3. The summed E-state index contributed by atoms with van der Waals surface area (Å²) in [6, 6.07) is 0. The third kappa shape index (κ3) is 18.0. The average Bonchev–Trinajstić information content (AvgIpc) is 3.74. The van der Waals surface area contributed by atoms with Crippen LogP contribution in [-0.2, 0) is 55.5 Å². The molecule has 0 spiro atoms. The summed E-state index contributed by atoms with van der Waals surface area (Å²) in [4.78, 5) is 107. The summed E-state index contributed by atoms with van der Waals surface area (Å²) in [7, 11) is -17.7. The molecule has 2 aromatic rings. The first kappa shape index (κ1) is 55.3. The van der Waals surface area contributed by atoms with Gasteiger partial charge in [-0.2, -0.15) is 0 Å². The van der Waals surface area contributed by atoms with Gasteiger partial charge in [0.25, 0.3) is 15.6 Å². The fourth-order valence-electron chi connectivity index (χ4n) is 6.07. The molecule has 0 radical (unpaired) electrons. The molecule has 2 amide bonds. The van der Waals surface area contributed by atoms with E-state index in [-0.39, 0.29) is 72.0 Å². The molecule has 364 valence electrons. The third-order valence-corrected chi connectivity index (χ3v) is 13.6. The van der Waals surface area contributed by atoms with Crippen molar-refractivity contribution in [2.24, 2.45) is 17.3 Å². The molecular formula is C33H51N7O20P3S-5. The molecule has 31 heteroatoms. The van der Waals surface area contributed by atoms with E-state index in [9.17, 15) is 72.9 Å². The lowest BCUT2D eigenvalue weighted by molar-refractivity contribution is -0.347. The quantitative estimate of drug-likeness (QED) is 0.0355. The van der Waals surface area contributed by atoms with Crippen LogP contribution in [0.4, 0.5) is 5.82 Å². The lowest BCUT2D eigenvalue weighted by Gasteiger charge is -2.36. The number of amides is 2. The molecule has 27 nitrogen and oxygen atoms in total. The number of hydrogen-bond donors (Lipinski definition) is 6. The molecule has 1 fully saturated rings. The zero-order valence-electron chi connectivity index (χ0n) is 34.9. The summed E-state index contributed by atoms with van der Waals surface area (Å²) in [6.07, 6.45) is -6.91. The second kappa shape index (κ2) is 24.1. The Bertz CT molecular complexity index is 2060. The van der Waals surface area contributed by atoms with Crippen molar-refractivity contribution >= 4 is 75.1 Å². The minimum atomic E-state index is -5.94. The monoisotopic (exact) mass is 990 g/mol. The largest absolute Gasteiger partial charge is 0.790 e. The van der Waals surface area contributed by atoms with Crippen LogP contribution in [0.25, 0.3) is 11.2 Å². The topological polar surface area (TPSA) is 435 Å². The Labute approximate surface area is 370 Å². The fraction of sp³-hybridized carbons (Fsp3) is 0.727. The molecule has 0 bridgehead atoms. The van der Waals surface area contributed by atoms with Gasteiger partial charge < -0.3 is 84.0 Å². The lowest BCUT2D eigenvalue weighted by atomic mass is 9.87. The van der Waals surface area contributed by atoms with E-state index in [1.54, 1.807) is 13.8 Å². The van der Waals surface area contributed by atoms with E-state index in [2.05, 4.69) is 43.5 Å². The number of nitrogens with one attached hydrogen (secondary N) is 2. The fourth-order valence-corrected chi connectivity index (χ4v) is 9.53. The molecule has 0 aromatic carbocycles. The first-order chi connectivity index (χ1) is 29.6. The number of carbonyl (C=O) groups excluding carboxylic acids is 4. The highest BCUT2D eigenvalue weighted by Gasteiger charge is 2.47. The Balaban J connectivity index is 1.40. The van der Waals surface area contributed by atoms with Crippen LogP contribution < -0.4 is 41.0 Å². The van der Waals surface area contributed by atoms with E-state index in [1.807, 2.05) is 0 Å². The van der Waals surface area contributed by atoms with Crippen molar-refractivity contribution in [2.75, 3.05) is 37.8 Å². The number of ether oxygens (including phenoxy) is 1. The second-order valence-electron chi connectivity index (χ2n) is 15.6. The number of nitrogens with zero attached hydrogens (tertiary/aromatic N) is 4. The van der Waals surface area contributed by atoms with Crippen molar-refractivity contribution in [3.05, 3.63) is 12.7 Å². The number of imidazole rings is 1. The molecule has 1 aliphatic rings. The minimum absolute atomic E-state index is 0.0311. The highest BCUT2D eigenvalue weighted by Crippen LogP contribution is 2.56. The molecule has 64 heavy (non-hydrogen) atoms. The van der Waals surface area contributed by atoms with Crippen LogP contribution in [-0.4, -0.2) is 120 Å². The average molecular weight is 991 g/mol. The maximum Gasteiger partial charge on any atom is 0.274 e. The zero-order chi connectivity index (χ0) is 48.2. The van der Waals surface area contributed by atoms with Crippen molar-refractivity contribution < 1.29 is 95.5 Å². The Morgan fingerprint density at radius 2 is 1.67 bits per heavy atom. The molecule has 5 unspecified atom stereocenters. The SMILES string of the molecule is CC(CCCC(C)C(O)CC(=O)SCCNC(=O)CCNC(=O)[C@H](O)C(C)(C)COP(=O)([O-])OP(=O)([O-])OC[C@H]1O[C@@H](n2cnc3c(N)ncnc32)[C@@H](O)[C@@H]1OP(=O)([O-])[O-])CC(=O)[O-]. The van der Waals surface area contributed by atoms with Crippen LogP contribution in [0.1, 0.15) is 72.4 Å². The van der Waals surface area contributed by atoms with E-state index in [0.717, 1.165) is 29.0 Å². The Hall–Kier alpha value is -3.01. The molecule has 7 N–H and O–H groups in total. The van der Waals surface area contributed by atoms with Gasteiger partial charge in [-0.05, 0) is 24.7 Å². The molecule has 2 aromatic heterocycles. The summed E-state index contributed by atoms with van der Waals surface area (Å²) in [6.45, 7) is 3.41. The van der Waals surface area contributed by atoms with Crippen molar-refractivity contribution in [3.8, 4) is 0 Å². The van der Waals surface area contributed by atoms with Crippen molar-refractivity contribution in [2.45, 2.75) is 103 Å². The Morgan fingerprint density at radius 1 is 1.00 bits per heavy atom. The van der Waals surface area contributed by atoms with Crippen LogP contribution in [0.3, 0.4) is 0 Å². The summed E-state index contributed by atoms with van der Waals surface area (Å²) < 4.78 is 60.6. The highest BCUT2D eigenvalue weighted by atomic mass is 32.2. The lowest BCUT2D eigenvalue weighted by Crippen LogP contribution is -2.46. The number of nitrogen functional groups attached to an aromatic ring is 1. The van der Waals surface area contributed by atoms with Crippen molar-refractivity contribution in [3.63, 3.8) is 0 Å². The third-order valence-electron chi connectivity index (χ3n) is 9.64. The first-order valence-electron chi connectivity index (χ1n) is 19.5. The van der Waals surface area contributed by atoms with Crippen molar-refractivity contribution in [1.29, 1.82) is 0 Å². The van der Waals surface area contributed by atoms with Gasteiger partial charge in [-0.25, -0.2) is 19.3 Å². The van der Waals surface area contributed by atoms with Crippen LogP contribution in [0.15, 0.2) is 12.7 Å². The van der Waals surface area contributed by atoms with Crippen LogP contribution >= 0.6 is 35.2 Å². The highest BCUT2D eigenvalue weighted by molar-refractivity contribution is 8.13. The standard InChI is InChI=1S/C33H56N7O20P3S/c1-18(12-23(43)44)6-5-7-19(2)20(41)13-24(45)64-11-10-35-22(42)8-9-36-31(48)28(47)33(3,4)15-57-63(54,55)60-62(52,53)56-14-21-27(59-61(49,50)51)26(46)32(58-21)40-17-39-25-29(34)37-16-38-30(25)40/h16-21,26-28,32,41,46-47H,5-15H2,1-4H3,(H,35,42)(H,36,48)(H,43,44)(H,52,53)(H,54,55)(H2,34,37,38)(H2,49,50,51)/p-5/t18?,19?,20?,21-,26+,27-,28+,32-/m1/s1. The van der Waals surface area contributed by atoms with Crippen LogP contribution in [0, 0.1) is 17.3 Å². The maximum atomic E-state index is 12.6. The number of carboxylic acid groups (broad SMARTS) is 1. The molecule has 0 saturated carbocycles. The molecule has 3 rings (SSSR count). The number of phosphoric ester groups is 3. The second-order valence-corrected chi connectivity index (χ2v) is 20.8. The van der Waals surface area contributed by atoms with Gasteiger partial charge in [0.2, 0.25) is 11.8 Å². The molecule has 3 heterocycles. The number of carbonyl (C=O) groups is 4. The number of aromatic nitrogens is 4. The summed E-state index contributed by atoms with van der Waals surface area (Å²) >= 11 is 0.908. The van der Waals surface area contributed by atoms with E-state index in [4.69, 9.17) is 10.5 Å². The van der Waals surface area contributed by atoms with Gasteiger partial charge in [0.1, 0.15) is 36.3 Å². The van der Waals surface area contributed by atoms with E-state index >= 15 is 0 Å². The van der Waals surface area contributed by atoms with Gasteiger partial charge in [0, 0.05) is 43.1 Å². The van der Waals surface area contributed by atoms with Crippen molar-refractivity contribution in [1.82, 2.24) is 30.2 Å². The number of thioether (sulfide) groups is 1. The number of aliphatic carboxylic acids is 1. The van der Waals surface area contributed by atoms with Gasteiger partial charge in [0.05, 0.1) is 33.5 Å². The smallest absolute Gasteiger partial charge is 0.274 e. The van der Waals surface area contributed by atoms with Crippen LogP contribution in [0.5, 0.6) is 0 Å². The predicted octanol–water partition coefficient (Wildman–Crippen LogP) is -3.53. The molecule has 1 aliphatic heterocycles. The Kier molecular flexibility index (Phi) is 20.9. The molecule has 10 atom stereocenters. The Morgan fingerprint density at radius 3 is 2.33 bits per heavy atom. The van der Waals surface area contributed by atoms with Gasteiger partial charge >= 0.3 is 0 Å². The molecular weight excluding hydrogens is 939 g/mol. The predicted molar refractivity (Wildman–Crippen MR) is 211 cm³/mol. The first-order valence-corrected chi connectivity index (χ1v) is 24.8. The van der Waals surface area contributed by atoms with E-state index in [1.165, 1.54) is 13.8 Å². The summed E-state index contributed by atoms with van der Waals surface area (Å²) in [5, 5.41) is 47.0. The number of hydrogen-bond acceptors (Lipinski definition) is 25. The maximum absolute atomic E-state index is 12.6. The van der Waals surface area contributed by atoms with Gasteiger partial charge in [-0.3, -0.25) is 28.1 Å². The van der Waals surface area contributed by atoms with Crippen LogP contribution in [0.2, 0.25) is 0 Å². The number of anilines is 1. The van der Waals surface area contributed by atoms with E-state index < -0.39 is 96.6 Å². The zero-order valence-corrected chi connectivity index (χ0v) is 38.4. The van der Waals surface area contributed by atoms with Gasteiger partial charge in [-0.15, -0.1) is 0 Å². The van der Waals surface area contributed by atoms with E-state index in [0.29, 0.717) is 19.3 Å². The van der Waals surface area contributed by atoms with Gasteiger partial charge in [0.15, 0.2) is 22.8 Å². The molecule has 1 saturated heterocycles. The van der Waals surface area contributed by atoms with Gasteiger partial charge in [-0.1, -0.05) is 52.3 Å². The number of rotatable bonds is 28. The number of carboxylic acids is 1. The number of aliphatic hydroxyl groups is 3. The minimum Gasteiger partial charge on any atom is -0.790 e. The summed E-state index contributed by atoms with van der Waals surface area (Å²) in [5.41, 5.74) is 4.01.